The number of ether oxygens (including phenoxy) is 2. The summed E-state index contributed by atoms with van der Waals surface area (Å²) >= 11 is 6.23. The van der Waals surface area contributed by atoms with Crippen LogP contribution >= 0.6 is 11.6 Å². The van der Waals surface area contributed by atoms with Gasteiger partial charge in [-0.3, -0.25) is 4.79 Å². The van der Waals surface area contributed by atoms with Gasteiger partial charge in [-0.25, -0.2) is 4.79 Å². The van der Waals surface area contributed by atoms with E-state index in [4.69, 9.17) is 21.1 Å². The van der Waals surface area contributed by atoms with Crippen LogP contribution in [0.5, 0.6) is 5.75 Å². The number of halogens is 1. The summed E-state index contributed by atoms with van der Waals surface area (Å²) < 4.78 is 11.2. The Morgan fingerprint density at radius 1 is 1.11 bits per heavy atom. The molecule has 0 radical (unpaired) electrons. The molecule has 1 saturated heterocycles. The molecule has 0 atom stereocenters. The molecule has 2 amide bonds. The van der Waals surface area contributed by atoms with E-state index in [1.807, 2.05) is 40.7 Å². The lowest BCUT2D eigenvalue weighted by atomic mass is 10.1. The van der Waals surface area contributed by atoms with Crippen molar-refractivity contribution >= 4 is 23.6 Å². The van der Waals surface area contributed by atoms with Gasteiger partial charge < -0.3 is 19.3 Å². The summed E-state index contributed by atoms with van der Waals surface area (Å²) in [5.74, 6) is 0.421. The molecule has 0 N–H and O–H groups in total. The maximum Gasteiger partial charge on any atom is 0.410 e. The summed E-state index contributed by atoms with van der Waals surface area (Å²) in [4.78, 5) is 28.5. The number of piperazine rings is 1. The van der Waals surface area contributed by atoms with E-state index in [9.17, 15) is 9.59 Å². The van der Waals surface area contributed by atoms with Gasteiger partial charge >= 0.3 is 6.09 Å². The number of aryl methyl sites for hydroxylation is 1. The third-order valence-corrected chi connectivity index (χ3v) is 4.58. The van der Waals surface area contributed by atoms with Crippen LogP contribution in [0.25, 0.3) is 0 Å². The minimum atomic E-state index is -0.534. The Kier molecular flexibility index (Phi) is 6.98. The highest BCUT2D eigenvalue weighted by Crippen LogP contribution is 2.28. The Bertz CT molecular complexity index is 692. The molecule has 1 aromatic rings. The quantitative estimate of drug-likeness (QED) is 0.767. The molecule has 6 nitrogen and oxygen atoms in total. The topological polar surface area (TPSA) is 59.1 Å². The highest BCUT2D eigenvalue weighted by Gasteiger charge is 2.29. The number of carbonyl (C=O) groups excluding carboxylic acids is 2. The van der Waals surface area contributed by atoms with Crippen molar-refractivity contribution < 1.29 is 19.1 Å². The van der Waals surface area contributed by atoms with Crippen molar-refractivity contribution in [1.29, 1.82) is 0 Å². The van der Waals surface area contributed by atoms with Crippen LogP contribution in [0, 0.1) is 6.92 Å². The largest absolute Gasteiger partial charge is 0.493 e. The van der Waals surface area contributed by atoms with Crippen molar-refractivity contribution in [3.63, 3.8) is 0 Å². The van der Waals surface area contributed by atoms with Crippen LogP contribution in [-0.4, -0.2) is 60.2 Å². The number of hydrogen-bond acceptors (Lipinski definition) is 4. The normalized spacial score (nSPS) is 14.9. The summed E-state index contributed by atoms with van der Waals surface area (Å²) in [6.45, 7) is 11.7. The third-order valence-electron chi connectivity index (χ3n) is 4.17. The SMILES string of the molecule is CCCOc1cc(C)c(Cl)cc1C(=O)N1CCN(C(=O)OC(C)(C)C)CC1. The standard InChI is InChI=1S/C20H29ClN2O4/c1-6-11-26-17-12-14(2)16(21)13-15(17)18(24)22-7-9-23(10-8-22)19(25)27-20(3,4)5/h12-13H,6-11H2,1-5H3. The molecule has 0 unspecified atom stereocenters. The Hall–Kier alpha value is -1.95. The van der Waals surface area contributed by atoms with Gasteiger partial charge in [-0.2, -0.15) is 0 Å². The van der Waals surface area contributed by atoms with Gasteiger partial charge in [-0.15, -0.1) is 0 Å². The number of nitrogens with zero attached hydrogens (tertiary/aromatic N) is 2. The van der Waals surface area contributed by atoms with Gasteiger partial charge in [-0.05, 0) is 51.8 Å². The summed E-state index contributed by atoms with van der Waals surface area (Å²) in [5, 5.41) is 0.537. The van der Waals surface area contributed by atoms with Crippen molar-refractivity contribution in [2.45, 2.75) is 46.6 Å². The second-order valence-corrected chi connectivity index (χ2v) is 8.11. The lowest BCUT2D eigenvalue weighted by Crippen LogP contribution is -2.51. The molecule has 0 aliphatic carbocycles. The fraction of sp³-hybridized carbons (Fsp3) is 0.600. The van der Waals surface area contributed by atoms with Gasteiger partial charge in [-0.1, -0.05) is 18.5 Å². The average molecular weight is 397 g/mol. The predicted molar refractivity (Wildman–Crippen MR) is 106 cm³/mol. The number of carbonyl (C=O) groups is 2. The van der Waals surface area contributed by atoms with Crippen molar-refractivity contribution in [2.75, 3.05) is 32.8 Å². The van der Waals surface area contributed by atoms with E-state index in [1.54, 1.807) is 15.9 Å². The summed E-state index contributed by atoms with van der Waals surface area (Å²) in [6, 6.07) is 3.48. The highest BCUT2D eigenvalue weighted by molar-refractivity contribution is 6.31. The summed E-state index contributed by atoms with van der Waals surface area (Å²) in [7, 11) is 0. The molecule has 1 aromatic carbocycles. The van der Waals surface area contributed by atoms with Crippen molar-refractivity contribution in [3.8, 4) is 5.75 Å². The Morgan fingerprint density at radius 3 is 2.26 bits per heavy atom. The number of hydrogen-bond donors (Lipinski definition) is 0. The molecule has 1 heterocycles. The minimum absolute atomic E-state index is 0.133. The lowest BCUT2D eigenvalue weighted by molar-refractivity contribution is 0.0140. The number of benzene rings is 1. The molecule has 0 spiro atoms. The fourth-order valence-corrected chi connectivity index (χ4v) is 2.91. The van der Waals surface area contributed by atoms with Crippen molar-refractivity contribution in [1.82, 2.24) is 9.80 Å². The summed E-state index contributed by atoms with van der Waals surface area (Å²) in [5.41, 5.74) is 0.799. The Balaban J connectivity index is 2.07. The molecule has 27 heavy (non-hydrogen) atoms. The van der Waals surface area contributed by atoms with E-state index >= 15 is 0 Å². The third kappa shape index (κ3) is 5.76. The number of amides is 2. The molecule has 7 heteroatoms. The van der Waals surface area contributed by atoms with Gasteiger partial charge in [0, 0.05) is 31.2 Å². The van der Waals surface area contributed by atoms with Gasteiger partial charge in [0.05, 0.1) is 12.2 Å². The number of rotatable bonds is 4. The van der Waals surface area contributed by atoms with Crippen molar-refractivity contribution in [3.05, 3.63) is 28.3 Å². The fourth-order valence-electron chi connectivity index (χ4n) is 2.74. The lowest BCUT2D eigenvalue weighted by Gasteiger charge is -2.35. The van der Waals surface area contributed by atoms with E-state index in [1.165, 1.54) is 0 Å². The van der Waals surface area contributed by atoms with Crippen LogP contribution in [0.1, 0.15) is 50.0 Å². The van der Waals surface area contributed by atoms with Crippen LogP contribution in [0.4, 0.5) is 4.79 Å². The Labute approximate surface area is 166 Å². The van der Waals surface area contributed by atoms with Crippen LogP contribution in [0.3, 0.4) is 0 Å². The molecular formula is C20H29ClN2O4. The van der Waals surface area contributed by atoms with Gasteiger partial charge in [0.2, 0.25) is 0 Å². The molecule has 2 rings (SSSR count). The van der Waals surface area contributed by atoms with Gasteiger partial charge in [0.15, 0.2) is 0 Å². The first-order chi connectivity index (χ1) is 12.6. The smallest absolute Gasteiger partial charge is 0.410 e. The summed E-state index contributed by atoms with van der Waals surface area (Å²) in [6.07, 6.45) is 0.504. The molecule has 1 aliphatic rings. The molecule has 150 valence electrons. The zero-order chi connectivity index (χ0) is 20.2. The van der Waals surface area contributed by atoms with E-state index < -0.39 is 5.60 Å². The molecule has 1 fully saturated rings. The maximum absolute atomic E-state index is 13.0. The second kappa shape index (κ2) is 8.83. The molecule has 0 saturated carbocycles. The first kappa shape index (κ1) is 21.4. The zero-order valence-corrected chi connectivity index (χ0v) is 17.6. The van der Waals surface area contributed by atoms with Gasteiger partial charge in [0.25, 0.3) is 5.91 Å². The Morgan fingerprint density at radius 2 is 1.70 bits per heavy atom. The van der Waals surface area contributed by atoms with E-state index in [-0.39, 0.29) is 12.0 Å². The van der Waals surface area contributed by atoms with Crippen LogP contribution in [0.15, 0.2) is 12.1 Å². The van der Waals surface area contributed by atoms with E-state index in [0.29, 0.717) is 49.1 Å². The highest BCUT2D eigenvalue weighted by atomic mass is 35.5. The maximum atomic E-state index is 13.0. The second-order valence-electron chi connectivity index (χ2n) is 7.71. The molecular weight excluding hydrogens is 368 g/mol. The average Bonchev–Trinajstić information content (AvgIpc) is 2.60. The van der Waals surface area contributed by atoms with E-state index in [2.05, 4.69) is 0 Å². The first-order valence-electron chi connectivity index (χ1n) is 9.32. The van der Waals surface area contributed by atoms with E-state index in [0.717, 1.165) is 12.0 Å². The van der Waals surface area contributed by atoms with Crippen LogP contribution in [0.2, 0.25) is 5.02 Å². The predicted octanol–water partition coefficient (Wildman–Crippen LogP) is 4.13. The van der Waals surface area contributed by atoms with Crippen LogP contribution < -0.4 is 4.74 Å². The van der Waals surface area contributed by atoms with Crippen LogP contribution in [-0.2, 0) is 4.74 Å². The first-order valence-corrected chi connectivity index (χ1v) is 9.70. The monoisotopic (exact) mass is 396 g/mol. The molecule has 1 aliphatic heterocycles. The minimum Gasteiger partial charge on any atom is -0.493 e. The van der Waals surface area contributed by atoms with Gasteiger partial charge in [0.1, 0.15) is 11.4 Å². The zero-order valence-electron chi connectivity index (χ0n) is 16.8. The molecule has 0 bridgehead atoms. The molecule has 0 aromatic heterocycles. The van der Waals surface area contributed by atoms with Crippen molar-refractivity contribution in [2.24, 2.45) is 0 Å².